The molecule has 2 N–H and O–H groups in total. The molecule has 1 aromatic heterocycles. The van der Waals surface area contributed by atoms with Crippen molar-refractivity contribution in [1.82, 2.24) is 9.88 Å². The zero-order valence-electron chi connectivity index (χ0n) is 11.6. The summed E-state index contributed by atoms with van der Waals surface area (Å²) in [7, 11) is 1.81. The molecule has 1 aromatic rings. The van der Waals surface area contributed by atoms with Crippen LogP contribution in [0.2, 0.25) is 0 Å². The maximum absolute atomic E-state index is 11.2. The summed E-state index contributed by atoms with van der Waals surface area (Å²) in [5.41, 5.74) is 0.329. The molecule has 0 amide bonds. The minimum absolute atomic E-state index is 0.0279. The average Bonchev–Trinajstić information content (AvgIpc) is 3.05. The molecule has 0 bridgehead atoms. The predicted octanol–water partition coefficient (Wildman–Crippen LogP) is 0.480. The van der Waals surface area contributed by atoms with Gasteiger partial charge in [0, 0.05) is 12.2 Å². The summed E-state index contributed by atoms with van der Waals surface area (Å²) >= 11 is 0. The van der Waals surface area contributed by atoms with Gasteiger partial charge in [-0.3, -0.25) is 9.69 Å². The maximum atomic E-state index is 11.2. The Bertz CT molecular complexity index is 589. The Kier molecular flexibility index (Phi) is 3.50. The molecule has 0 saturated carbocycles. The third-order valence-corrected chi connectivity index (χ3v) is 4.14. The topological polar surface area (TPSA) is 95.3 Å². The number of hydrogen-bond acceptors (Lipinski definition) is 6. The minimum Gasteiger partial charge on any atom is -0.505 e. The lowest BCUT2D eigenvalue weighted by Gasteiger charge is -2.25. The van der Waals surface area contributed by atoms with Crippen molar-refractivity contribution in [2.75, 3.05) is 13.7 Å². The van der Waals surface area contributed by atoms with Crippen LogP contribution in [0.5, 0.6) is 5.75 Å². The molecule has 3 heterocycles. The molecule has 0 spiro atoms. The lowest BCUT2D eigenvalue weighted by molar-refractivity contribution is -0.142. The number of ether oxygens (including phenoxy) is 1. The van der Waals surface area contributed by atoms with Crippen molar-refractivity contribution < 1.29 is 19.7 Å². The fraction of sp³-hybridized carbons (Fsp3) is 0.500. The molecule has 7 heteroatoms. The first-order valence-electron chi connectivity index (χ1n) is 6.87. The van der Waals surface area contributed by atoms with Gasteiger partial charge in [0.05, 0.1) is 0 Å². The molecule has 2 aliphatic heterocycles. The van der Waals surface area contributed by atoms with Crippen LogP contribution >= 0.6 is 0 Å². The van der Waals surface area contributed by atoms with E-state index in [4.69, 9.17) is 9.84 Å². The molecule has 3 rings (SSSR count). The smallest absolute Gasteiger partial charge is 0.320 e. The Balaban J connectivity index is 1.78. The van der Waals surface area contributed by atoms with E-state index in [9.17, 15) is 9.90 Å². The van der Waals surface area contributed by atoms with Gasteiger partial charge in [-0.2, -0.15) is 0 Å². The summed E-state index contributed by atoms with van der Waals surface area (Å²) in [6, 6.07) is 2.61. The van der Waals surface area contributed by atoms with Crippen molar-refractivity contribution in [3.8, 4) is 5.75 Å². The van der Waals surface area contributed by atoms with Gasteiger partial charge in [-0.05, 0) is 32.0 Å². The van der Waals surface area contributed by atoms with E-state index in [-0.39, 0.29) is 17.8 Å². The number of rotatable bonds is 3. The molecule has 0 unspecified atom stereocenters. The van der Waals surface area contributed by atoms with Crippen LogP contribution in [0.3, 0.4) is 0 Å². The van der Waals surface area contributed by atoms with E-state index in [1.54, 1.807) is 12.3 Å². The first-order valence-corrected chi connectivity index (χ1v) is 6.87. The van der Waals surface area contributed by atoms with E-state index in [2.05, 4.69) is 9.98 Å². The van der Waals surface area contributed by atoms with Gasteiger partial charge in [0.2, 0.25) is 5.90 Å². The van der Waals surface area contributed by atoms with E-state index in [0.717, 1.165) is 6.42 Å². The number of aliphatic carboxylic acids is 1. The third kappa shape index (κ3) is 2.44. The molecular weight excluding hydrogens is 274 g/mol. The second-order valence-corrected chi connectivity index (χ2v) is 5.35. The Hall–Kier alpha value is -2.15. The number of likely N-dealkylation sites (N-methyl/N-ethyl adjacent to an activating group) is 1. The highest BCUT2D eigenvalue weighted by Crippen LogP contribution is 2.29. The number of carboxylic acids is 1. The summed E-state index contributed by atoms with van der Waals surface area (Å²) in [6.45, 7) is 0.382. The highest BCUT2D eigenvalue weighted by atomic mass is 16.5. The molecule has 2 aliphatic rings. The number of carboxylic acid groups (broad SMARTS) is 1. The molecular formula is C14H17N3O4. The highest BCUT2D eigenvalue weighted by molar-refractivity contribution is 5.95. The standard InChI is InChI=1S/C14H17N3O4/c1-17-9(4-5-10(17)14(19)20)8-7-21-13(16-8)12-11(18)3-2-6-15-12/h2-3,6,8-10,18H,4-5,7H2,1H3,(H,19,20)/t8-,9+,10+/m0/s1. The highest BCUT2D eigenvalue weighted by Gasteiger charge is 2.41. The minimum atomic E-state index is -0.800. The van der Waals surface area contributed by atoms with Gasteiger partial charge in [-0.1, -0.05) is 0 Å². The van der Waals surface area contributed by atoms with Crippen molar-refractivity contribution in [2.45, 2.75) is 31.0 Å². The number of hydrogen-bond donors (Lipinski definition) is 2. The van der Waals surface area contributed by atoms with Crippen molar-refractivity contribution in [3.63, 3.8) is 0 Å². The Morgan fingerprint density at radius 1 is 1.48 bits per heavy atom. The van der Waals surface area contributed by atoms with Gasteiger partial charge in [-0.25, -0.2) is 9.98 Å². The van der Waals surface area contributed by atoms with Crippen LogP contribution in [0.4, 0.5) is 0 Å². The lowest BCUT2D eigenvalue weighted by atomic mass is 10.1. The molecule has 0 radical (unpaired) electrons. The number of aliphatic imine (C=N–C) groups is 1. The molecule has 1 fully saturated rings. The van der Waals surface area contributed by atoms with Gasteiger partial charge in [0.25, 0.3) is 0 Å². The van der Waals surface area contributed by atoms with E-state index in [1.807, 2.05) is 11.9 Å². The molecule has 1 saturated heterocycles. The fourth-order valence-corrected chi connectivity index (χ4v) is 3.01. The summed E-state index contributed by atoms with van der Waals surface area (Å²) < 4.78 is 5.54. The van der Waals surface area contributed by atoms with Crippen molar-refractivity contribution in [2.24, 2.45) is 4.99 Å². The number of aromatic nitrogens is 1. The van der Waals surface area contributed by atoms with Crippen LogP contribution in [0.15, 0.2) is 23.3 Å². The van der Waals surface area contributed by atoms with Crippen LogP contribution in [0.1, 0.15) is 18.5 Å². The first kappa shape index (κ1) is 13.8. The molecule has 0 aromatic carbocycles. The van der Waals surface area contributed by atoms with Crippen LogP contribution < -0.4 is 0 Å². The Morgan fingerprint density at radius 3 is 2.95 bits per heavy atom. The summed E-state index contributed by atoms with van der Waals surface area (Å²) in [5, 5.41) is 18.9. The van der Waals surface area contributed by atoms with Gasteiger partial charge in [0.15, 0.2) is 5.69 Å². The monoisotopic (exact) mass is 291 g/mol. The quantitative estimate of drug-likeness (QED) is 0.841. The molecule has 0 aliphatic carbocycles. The summed E-state index contributed by atoms with van der Waals surface area (Å²) in [6.07, 6.45) is 2.95. The molecule has 112 valence electrons. The summed E-state index contributed by atoms with van der Waals surface area (Å²) in [4.78, 5) is 21.6. The van der Waals surface area contributed by atoms with Crippen molar-refractivity contribution in [1.29, 1.82) is 0 Å². The Labute approximate surface area is 121 Å². The predicted molar refractivity (Wildman–Crippen MR) is 74.4 cm³/mol. The number of carbonyl (C=O) groups is 1. The Morgan fingerprint density at radius 2 is 2.29 bits per heavy atom. The van der Waals surface area contributed by atoms with Gasteiger partial charge in [-0.15, -0.1) is 0 Å². The third-order valence-electron chi connectivity index (χ3n) is 4.14. The van der Waals surface area contributed by atoms with Crippen molar-refractivity contribution in [3.05, 3.63) is 24.0 Å². The van der Waals surface area contributed by atoms with E-state index in [0.29, 0.717) is 24.6 Å². The largest absolute Gasteiger partial charge is 0.505 e. The zero-order valence-corrected chi connectivity index (χ0v) is 11.6. The normalized spacial score (nSPS) is 29.2. The summed E-state index contributed by atoms with van der Waals surface area (Å²) in [5.74, 6) is -0.448. The van der Waals surface area contributed by atoms with Crippen LogP contribution in [-0.2, 0) is 9.53 Å². The maximum Gasteiger partial charge on any atom is 0.320 e. The van der Waals surface area contributed by atoms with E-state index in [1.165, 1.54) is 6.07 Å². The lowest BCUT2D eigenvalue weighted by Crippen LogP contribution is -2.43. The number of aromatic hydroxyl groups is 1. The van der Waals surface area contributed by atoms with Crippen LogP contribution in [0.25, 0.3) is 0 Å². The molecule has 3 atom stereocenters. The zero-order chi connectivity index (χ0) is 15.0. The van der Waals surface area contributed by atoms with Gasteiger partial charge >= 0.3 is 5.97 Å². The second kappa shape index (κ2) is 5.33. The van der Waals surface area contributed by atoms with E-state index >= 15 is 0 Å². The second-order valence-electron chi connectivity index (χ2n) is 5.35. The van der Waals surface area contributed by atoms with Crippen LogP contribution in [-0.4, -0.2) is 63.7 Å². The van der Waals surface area contributed by atoms with E-state index < -0.39 is 12.0 Å². The average molecular weight is 291 g/mol. The number of pyridine rings is 1. The molecule has 21 heavy (non-hydrogen) atoms. The van der Waals surface area contributed by atoms with Crippen LogP contribution in [0, 0.1) is 0 Å². The van der Waals surface area contributed by atoms with Gasteiger partial charge < -0.3 is 14.9 Å². The van der Waals surface area contributed by atoms with Gasteiger partial charge in [0.1, 0.15) is 24.4 Å². The first-order chi connectivity index (χ1) is 10.1. The SMILES string of the molecule is CN1[C@@H](C(=O)O)CC[C@@H]1[C@@H]1COC(c2ncccc2O)=N1. The molecule has 7 nitrogen and oxygen atoms in total. The number of nitrogens with zero attached hydrogens (tertiary/aromatic N) is 3. The van der Waals surface area contributed by atoms with Crippen molar-refractivity contribution >= 4 is 11.9 Å². The fourth-order valence-electron chi connectivity index (χ4n) is 3.01. The number of likely N-dealkylation sites (tertiary alicyclic amines) is 1.